The van der Waals surface area contributed by atoms with Crippen molar-refractivity contribution in [3.8, 4) is 17.6 Å². The van der Waals surface area contributed by atoms with Crippen LogP contribution in [0.5, 0.6) is 11.5 Å². The Morgan fingerprint density at radius 2 is 1.76 bits per heavy atom. The summed E-state index contributed by atoms with van der Waals surface area (Å²) < 4.78 is 39.8. The molecule has 0 saturated heterocycles. The highest BCUT2D eigenvalue weighted by Crippen LogP contribution is 2.27. The van der Waals surface area contributed by atoms with Crippen LogP contribution in [0.2, 0.25) is 0 Å². The minimum Gasteiger partial charge on any atom is -0.493 e. The van der Waals surface area contributed by atoms with Gasteiger partial charge in [0.2, 0.25) is 0 Å². The molecule has 0 aliphatic carbocycles. The highest BCUT2D eigenvalue weighted by molar-refractivity contribution is 7.86. The monoisotopic (exact) mass is 361 g/mol. The molecule has 0 fully saturated rings. The molecule has 0 aliphatic rings. The summed E-state index contributed by atoms with van der Waals surface area (Å²) in [4.78, 5) is 0.132. The van der Waals surface area contributed by atoms with Crippen LogP contribution in [0.1, 0.15) is 17.5 Å². The maximum absolute atomic E-state index is 12.0. The molecule has 0 atom stereocenters. The van der Waals surface area contributed by atoms with Gasteiger partial charge in [0.25, 0.3) is 10.1 Å². The highest BCUT2D eigenvalue weighted by atomic mass is 32.2. The van der Waals surface area contributed by atoms with Crippen LogP contribution in [-0.2, 0) is 14.3 Å². The molecule has 25 heavy (non-hydrogen) atoms. The number of nitrogens with zero attached hydrogens (tertiary/aromatic N) is 1. The van der Waals surface area contributed by atoms with Gasteiger partial charge in [-0.15, -0.1) is 0 Å². The fourth-order valence-corrected chi connectivity index (χ4v) is 2.98. The summed E-state index contributed by atoms with van der Waals surface area (Å²) in [5.41, 5.74) is 1.44. The first-order chi connectivity index (χ1) is 12.0. The van der Waals surface area contributed by atoms with E-state index in [1.807, 2.05) is 13.0 Å². The molecule has 0 saturated carbocycles. The van der Waals surface area contributed by atoms with Crippen molar-refractivity contribution in [3.05, 3.63) is 53.6 Å². The molecule has 132 valence electrons. The Labute approximate surface area is 147 Å². The predicted molar refractivity (Wildman–Crippen MR) is 92.1 cm³/mol. The summed E-state index contributed by atoms with van der Waals surface area (Å²) in [6.45, 7) is 2.15. The molecule has 0 aromatic heterocycles. The van der Waals surface area contributed by atoms with E-state index in [9.17, 15) is 8.42 Å². The van der Waals surface area contributed by atoms with Crippen molar-refractivity contribution in [2.45, 2.75) is 18.2 Å². The third kappa shape index (κ3) is 5.21. The van der Waals surface area contributed by atoms with Crippen LogP contribution >= 0.6 is 0 Å². The van der Waals surface area contributed by atoms with E-state index >= 15 is 0 Å². The minimum absolute atomic E-state index is 0.00873. The second kappa shape index (κ2) is 8.51. The Morgan fingerprint density at radius 1 is 1.04 bits per heavy atom. The lowest BCUT2D eigenvalue weighted by Crippen LogP contribution is -2.10. The van der Waals surface area contributed by atoms with Crippen molar-refractivity contribution in [2.75, 3.05) is 20.3 Å². The van der Waals surface area contributed by atoms with E-state index in [2.05, 4.69) is 0 Å². The van der Waals surface area contributed by atoms with Gasteiger partial charge in [0.1, 0.15) is 0 Å². The lowest BCUT2D eigenvalue weighted by Gasteiger charge is -2.11. The van der Waals surface area contributed by atoms with Gasteiger partial charge in [0.05, 0.1) is 36.9 Å². The van der Waals surface area contributed by atoms with Crippen LogP contribution in [0, 0.1) is 18.3 Å². The van der Waals surface area contributed by atoms with E-state index in [-0.39, 0.29) is 18.1 Å². The SMILES string of the molecule is COc1cc(C#N)ccc1OCCCOS(=O)(=O)c1ccc(C)cc1. The summed E-state index contributed by atoms with van der Waals surface area (Å²) >= 11 is 0. The molecule has 2 aromatic carbocycles. The van der Waals surface area contributed by atoms with Gasteiger partial charge in [0.15, 0.2) is 11.5 Å². The minimum atomic E-state index is -3.76. The summed E-state index contributed by atoms with van der Waals surface area (Å²) in [5, 5.41) is 8.86. The standard InChI is InChI=1S/C18H19NO5S/c1-14-4-7-16(8-5-14)25(20,21)24-11-3-10-23-17-9-6-15(13-19)12-18(17)22-2/h4-9,12H,3,10-11H2,1-2H3. The van der Waals surface area contributed by atoms with Gasteiger partial charge in [-0.05, 0) is 31.2 Å². The molecule has 0 radical (unpaired) electrons. The second-order valence-electron chi connectivity index (χ2n) is 5.27. The fraction of sp³-hybridized carbons (Fsp3) is 0.278. The lowest BCUT2D eigenvalue weighted by molar-refractivity contribution is 0.243. The molecule has 0 unspecified atom stereocenters. The third-order valence-electron chi connectivity index (χ3n) is 3.39. The maximum Gasteiger partial charge on any atom is 0.296 e. The van der Waals surface area contributed by atoms with Crippen LogP contribution in [0.3, 0.4) is 0 Å². The van der Waals surface area contributed by atoms with E-state index < -0.39 is 10.1 Å². The van der Waals surface area contributed by atoms with Crippen molar-refractivity contribution in [2.24, 2.45) is 0 Å². The highest BCUT2D eigenvalue weighted by Gasteiger charge is 2.14. The first-order valence-corrected chi connectivity index (χ1v) is 9.04. The van der Waals surface area contributed by atoms with E-state index in [1.165, 1.54) is 19.2 Å². The van der Waals surface area contributed by atoms with Crippen molar-refractivity contribution in [1.82, 2.24) is 0 Å². The lowest BCUT2D eigenvalue weighted by atomic mass is 10.2. The molecule has 0 heterocycles. The number of ether oxygens (including phenoxy) is 2. The molecule has 2 aromatic rings. The van der Waals surface area contributed by atoms with Crippen LogP contribution < -0.4 is 9.47 Å². The Kier molecular flexibility index (Phi) is 6.39. The van der Waals surface area contributed by atoms with E-state index in [4.69, 9.17) is 18.9 Å². The number of methoxy groups -OCH3 is 1. The summed E-state index contributed by atoms with van der Waals surface area (Å²) in [7, 11) is -2.27. The molecular formula is C18H19NO5S. The van der Waals surface area contributed by atoms with Gasteiger partial charge in [-0.1, -0.05) is 17.7 Å². The Bertz CT molecular complexity index is 854. The number of rotatable bonds is 8. The van der Waals surface area contributed by atoms with Gasteiger partial charge in [-0.3, -0.25) is 4.18 Å². The van der Waals surface area contributed by atoms with E-state index in [0.717, 1.165) is 5.56 Å². The number of benzene rings is 2. The van der Waals surface area contributed by atoms with Gasteiger partial charge >= 0.3 is 0 Å². The maximum atomic E-state index is 12.0. The normalized spacial score (nSPS) is 10.9. The van der Waals surface area contributed by atoms with Crippen LogP contribution in [0.4, 0.5) is 0 Å². The first kappa shape index (κ1) is 18.8. The van der Waals surface area contributed by atoms with Crippen molar-refractivity contribution >= 4 is 10.1 Å². The number of nitriles is 1. The van der Waals surface area contributed by atoms with Gasteiger partial charge in [-0.25, -0.2) is 0 Å². The first-order valence-electron chi connectivity index (χ1n) is 7.63. The Morgan fingerprint density at radius 3 is 2.40 bits per heavy atom. The second-order valence-corrected chi connectivity index (χ2v) is 6.88. The molecular weight excluding hydrogens is 342 g/mol. The van der Waals surface area contributed by atoms with E-state index in [1.54, 1.807) is 30.3 Å². The average molecular weight is 361 g/mol. The van der Waals surface area contributed by atoms with Crippen molar-refractivity contribution in [3.63, 3.8) is 0 Å². The Balaban J connectivity index is 1.84. The smallest absolute Gasteiger partial charge is 0.296 e. The molecule has 0 aliphatic heterocycles. The Hall–Kier alpha value is -2.56. The summed E-state index contributed by atoms with van der Waals surface area (Å²) in [6.07, 6.45) is 0.383. The molecule has 7 heteroatoms. The largest absolute Gasteiger partial charge is 0.493 e. The van der Waals surface area contributed by atoms with Crippen molar-refractivity contribution < 1.29 is 22.1 Å². The third-order valence-corrected chi connectivity index (χ3v) is 4.71. The molecule has 0 spiro atoms. The van der Waals surface area contributed by atoms with Gasteiger partial charge < -0.3 is 9.47 Å². The molecule has 2 rings (SSSR count). The summed E-state index contributed by atoms with van der Waals surface area (Å²) in [5.74, 6) is 0.940. The quantitative estimate of drug-likeness (QED) is 0.531. The van der Waals surface area contributed by atoms with Crippen molar-refractivity contribution in [1.29, 1.82) is 5.26 Å². The predicted octanol–water partition coefficient (Wildman–Crippen LogP) is 3.05. The topological polar surface area (TPSA) is 85.6 Å². The van der Waals surface area contributed by atoms with Gasteiger partial charge in [0, 0.05) is 12.5 Å². The molecule has 0 amide bonds. The zero-order valence-electron chi connectivity index (χ0n) is 14.1. The molecule has 6 nitrogen and oxygen atoms in total. The molecule has 0 N–H and O–H groups in total. The van der Waals surface area contributed by atoms with Gasteiger partial charge in [-0.2, -0.15) is 13.7 Å². The average Bonchev–Trinajstić information content (AvgIpc) is 2.61. The zero-order valence-corrected chi connectivity index (χ0v) is 14.9. The molecule has 0 bridgehead atoms. The van der Waals surface area contributed by atoms with Crippen LogP contribution in [0.15, 0.2) is 47.4 Å². The summed E-state index contributed by atoms with van der Waals surface area (Å²) in [6, 6.07) is 13.3. The number of hydrogen-bond acceptors (Lipinski definition) is 6. The number of aryl methyl sites for hydroxylation is 1. The van der Waals surface area contributed by atoms with Crippen LogP contribution in [-0.4, -0.2) is 28.7 Å². The number of hydrogen-bond donors (Lipinski definition) is 0. The van der Waals surface area contributed by atoms with Crippen LogP contribution in [0.25, 0.3) is 0 Å². The zero-order chi connectivity index (χ0) is 18.3. The fourth-order valence-electron chi connectivity index (χ4n) is 2.04. The van der Waals surface area contributed by atoms with E-state index in [0.29, 0.717) is 23.5 Å².